The summed E-state index contributed by atoms with van der Waals surface area (Å²) in [6, 6.07) is 11.8. The van der Waals surface area contributed by atoms with E-state index in [1.54, 1.807) is 0 Å². The predicted octanol–water partition coefficient (Wildman–Crippen LogP) is 4.80. The molecule has 0 spiro atoms. The Labute approximate surface area is 131 Å². The number of benzene rings is 1. The molecule has 0 bridgehead atoms. The molecular weight excluding hydrogens is 284 g/mol. The summed E-state index contributed by atoms with van der Waals surface area (Å²) in [6.07, 6.45) is 0. The van der Waals surface area contributed by atoms with Crippen LogP contribution in [0.1, 0.15) is 31.0 Å². The average molecular weight is 305 g/mol. The summed E-state index contributed by atoms with van der Waals surface area (Å²) >= 11 is 5.96. The van der Waals surface area contributed by atoms with E-state index in [0.717, 1.165) is 22.7 Å². The first-order valence-electron chi connectivity index (χ1n) is 7.01. The molecule has 0 aliphatic rings. The van der Waals surface area contributed by atoms with Crippen molar-refractivity contribution in [2.75, 3.05) is 19.0 Å². The van der Waals surface area contributed by atoms with Gasteiger partial charge in [-0.3, -0.25) is 0 Å². The molecule has 4 heteroatoms. The molecule has 1 aromatic heterocycles. The second-order valence-corrected chi connectivity index (χ2v) is 5.79. The molecule has 0 fully saturated rings. The SMILES string of the molecule is CC(C)c1cc(CCl)cc(Oc2cccc(N(C)C)c2)n1. The summed E-state index contributed by atoms with van der Waals surface area (Å²) in [7, 11) is 4.00. The summed E-state index contributed by atoms with van der Waals surface area (Å²) in [5.74, 6) is 2.16. The van der Waals surface area contributed by atoms with Gasteiger partial charge < -0.3 is 9.64 Å². The van der Waals surface area contributed by atoms with Crippen LogP contribution in [0.5, 0.6) is 11.6 Å². The van der Waals surface area contributed by atoms with Crippen LogP contribution in [0.25, 0.3) is 0 Å². The molecule has 3 nitrogen and oxygen atoms in total. The lowest BCUT2D eigenvalue weighted by atomic mass is 10.1. The number of hydrogen-bond acceptors (Lipinski definition) is 3. The van der Waals surface area contributed by atoms with Crippen molar-refractivity contribution in [3.8, 4) is 11.6 Å². The summed E-state index contributed by atoms with van der Waals surface area (Å²) in [4.78, 5) is 6.59. The van der Waals surface area contributed by atoms with Crippen molar-refractivity contribution < 1.29 is 4.74 Å². The Kier molecular flexibility index (Phi) is 5.07. The van der Waals surface area contributed by atoms with Crippen molar-refractivity contribution in [1.82, 2.24) is 4.98 Å². The molecule has 0 saturated heterocycles. The minimum atomic E-state index is 0.337. The fourth-order valence-corrected chi connectivity index (χ4v) is 2.11. The van der Waals surface area contributed by atoms with Gasteiger partial charge in [-0.15, -0.1) is 11.6 Å². The fraction of sp³-hybridized carbons (Fsp3) is 0.353. The van der Waals surface area contributed by atoms with Crippen LogP contribution in [0, 0.1) is 0 Å². The van der Waals surface area contributed by atoms with Crippen LogP contribution in [-0.4, -0.2) is 19.1 Å². The number of ether oxygens (including phenoxy) is 1. The zero-order valence-corrected chi connectivity index (χ0v) is 13.7. The van der Waals surface area contributed by atoms with E-state index in [2.05, 4.69) is 18.8 Å². The van der Waals surface area contributed by atoms with Crippen molar-refractivity contribution in [3.05, 3.63) is 47.7 Å². The Morgan fingerprint density at radius 3 is 2.57 bits per heavy atom. The van der Waals surface area contributed by atoms with Crippen LogP contribution in [-0.2, 0) is 5.88 Å². The van der Waals surface area contributed by atoms with Crippen molar-refractivity contribution in [1.29, 1.82) is 0 Å². The largest absolute Gasteiger partial charge is 0.439 e. The topological polar surface area (TPSA) is 25.4 Å². The maximum absolute atomic E-state index is 5.96. The molecule has 2 aromatic rings. The molecule has 2 rings (SSSR count). The average Bonchev–Trinajstić information content (AvgIpc) is 2.47. The first kappa shape index (κ1) is 15.6. The third kappa shape index (κ3) is 4.11. The summed E-state index contributed by atoms with van der Waals surface area (Å²) in [5.41, 5.74) is 3.10. The maximum atomic E-state index is 5.96. The Hall–Kier alpha value is -1.74. The first-order valence-corrected chi connectivity index (χ1v) is 7.55. The number of anilines is 1. The number of halogens is 1. The van der Waals surface area contributed by atoms with Gasteiger partial charge in [-0.1, -0.05) is 19.9 Å². The van der Waals surface area contributed by atoms with Crippen LogP contribution in [0.3, 0.4) is 0 Å². The molecule has 0 saturated carbocycles. The molecule has 0 unspecified atom stereocenters. The number of hydrogen-bond donors (Lipinski definition) is 0. The highest BCUT2D eigenvalue weighted by Crippen LogP contribution is 2.27. The van der Waals surface area contributed by atoms with E-state index in [0.29, 0.717) is 17.7 Å². The minimum absolute atomic E-state index is 0.337. The highest BCUT2D eigenvalue weighted by atomic mass is 35.5. The third-order valence-electron chi connectivity index (χ3n) is 3.18. The molecule has 21 heavy (non-hydrogen) atoms. The van der Waals surface area contributed by atoms with Crippen molar-refractivity contribution in [3.63, 3.8) is 0 Å². The first-order chi connectivity index (χ1) is 9.99. The zero-order valence-electron chi connectivity index (χ0n) is 12.9. The Morgan fingerprint density at radius 1 is 1.19 bits per heavy atom. The second kappa shape index (κ2) is 6.81. The summed E-state index contributed by atoms with van der Waals surface area (Å²) < 4.78 is 5.91. The molecule has 0 aliphatic carbocycles. The van der Waals surface area contributed by atoms with Gasteiger partial charge in [-0.25, -0.2) is 4.98 Å². The van der Waals surface area contributed by atoms with Crippen LogP contribution < -0.4 is 9.64 Å². The van der Waals surface area contributed by atoms with E-state index >= 15 is 0 Å². The normalized spacial score (nSPS) is 10.8. The zero-order chi connectivity index (χ0) is 15.4. The van der Waals surface area contributed by atoms with Crippen LogP contribution >= 0.6 is 11.6 Å². The predicted molar refractivity (Wildman–Crippen MR) is 88.7 cm³/mol. The Morgan fingerprint density at radius 2 is 1.95 bits per heavy atom. The van der Waals surface area contributed by atoms with Crippen LogP contribution in [0.15, 0.2) is 36.4 Å². The number of pyridine rings is 1. The minimum Gasteiger partial charge on any atom is -0.439 e. The summed E-state index contributed by atoms with van der Waals surface area (Å²) in [5, 5.41) is 0. The molecule has 112 valence electrons. The Balaban J connectivity index is 2.30. The third-order valence-corrected chi connectivity index (χ3v) is 3.49. The van der Waals surface area contributed by atoms with Crippen molar-refractivity contribution in [2.45, 2.75) is 25.6 Å². The van der Waals surface area contributed by atoms with Crippen LogP contribution in [0.2, 0.25) is 0 Å². The lowest BCUT2D eigenvalue weighted by Crippen LogP contribution is -2.08. The van der Waals surface area contributed by atoms with Crippen LogP contribution in [0.4, 0.5) is 5.69 Å². The molecule has 0 N–H and O–H groups in total. The fourth-order valence-electron chi connectivity index (χ4n) is 1.95. The number of nitrogens with zero attached hydrogens (tertiary/aromatic N) is 2. The molecule has 0 radical (unpaired) electrons. The standard InChI is InChI=1S/C17H21ClN2O/c1-12(2)16-8-13(11-18)9-17(19-16)21-15-7-5-6-14(10-15)20(3)4/h5-10,12H,11H2,1-4H3. The highest BCUT2D eigenvalue weighted by molar-refractivity contribution is 6.17. The lowest BCUT2D eigenvalue weighted by molar-refractivity contribution is 0.459. The summed E-state index contributed by atoms with van der Waals surface area (Å²) in [6.45, 7) is 4.22. The number of alkyl halides is 1. The smallest absolute Gasteiger partial charge is 0.219 e. The molecule has 0 amide bonds. The van der Waals surface area contributed by atoms with E-state index in [-0.39, 0.29) is 0 Å². The van der Waals surface area contributed by atoms with Gasteiger partial charge in [0.25, 0.3) is 0 Å². The number of aromatic nitrogens is 1. The van der Waals surface area contributed by atoms with Gasteiger partial charge >= 0.3 is 0 Å². The van der Waals surface area contributed by atoms with E-state index in [9.17, 15) is 0 Å². The number of rotatable bonds is 5. The van der Waals surface area contributed by atoms with E-state index in [1.165, 1.54) is 0 Å². The highest BCUT2D eigenvalue weighted by Gasteiger charge is 2.08. The van der Waals surface area contributed by atoms with E-state index in [1.807, 2.05) is 55.4 Å². The van der Waals surface area contributed by atoms with Gasteiger partial charge in [0.15, 0.2) is 0 Å². The van der Waals surface area contributed by atoms with Gasteiger partial charge in [0.05, 0.1) is 0 Å². The van der Waals surface area contributed by atoms with Gasteiger partial charge in [-0.2, -0.15) is 0 Å². The van der Waals surface area contributed by atoms with Crippen molar-refractivity contribution >= 4 is 17.3 Å². The monoisotopic (exact) mass is 304 g/mol. The lowest BCUT2D eigenvalue weighted by Gasteiger charge is -2.14. The molecule has 0 atom stereocenters. The molecular formula is C17H21ClN2O. The molecule has 1 heterocycles. The van der Waals surface area contributed by atoms with Crippen molar-refractivity contribution in [2.24, 2.45) is 0 Å². The van der Waals surface area contributed by atoms with Gasteiger partial charge in [0.2, 0.25) is 5.88 Å². The quantitative estimate of drug-likeness (QED) is 0.742. The van der Waals surface area contributed by atoms with Gasteiger partial charge in [0, 0.05) is 43.5 Å². The maximum Gasteiger partial charge on any atom is 0.219 e. The van der Waals surface area contributed by atoms with E-state index < -0.39 is 0 Å². The second-order valence-electron chi connectivity index (χ2n) is 5.52. The molecule has 0 aliphatic heterocycles. The van der Waals surface area contributed by atoms with Gasteiger partial charge in [-0.05, 0) is 29.7 Å². The van der Waals surface area contributed by atoms with E-state index in [4.69, 9.17) is 16.3 Å². The molecule has 1 aromatic carbocycles. The Bertz CT molecular complexity index is 611. The van der Waals surface area contributed by atoms with Gasteiger partial charge in [0.1, 0.15) is 5.75 Å².